The molecule has 0 heterocycles. The highest BCUT2D eigenvalue weighted by atomic mass is 16.5. The normalized spacial score (nSPS) is 11.7. The van der Waals surface area contributed by atoms with Gasteiger partial charge < -0.3 is 20.5 Å². The second-order valence-corrected chi connectivity index (χ2v) is 4.69. The number of methoxy groups -OCH3 is 1. The standard InChI is InChI=1S/C15H22N2O4/c1-11(15(19)17-7-4-8-20-2)21-14(18)10-12-5-3-6-13(16)9-12/h3,5-6,9,11H,4,7-8,10,16H2,1-2H3,(H,17,19). The fraction of sp³-hybridized carbons (Fsp3) is 0.467. The molecule has 6 heteroatoms. The fourth-order valence-corrected chi connectivity index (χ4v) is 1.73. The van der Waals surface area contributed by atoms with Gasteiger partial charge in [-0.25, -0.2) is 0 Å². The number of ether oxygens (including phenoxy) is 2. The summed E-state index contributed by atoms with van der Waals surface area (Å²) in [6.07, 6.45) is -0.0143. The van der Waals surface area contributed by atoms with Gasteiger partial charge in [0.15, 0.2) is 6.10 Å². The van der Waals surface area contributed by atoms with E-state index in [0.717, 1.165) is 5.56 Å². The lowest BCUT2D eigenvalue weighted by Gasteiger charge is -2.13. The Hall–Kier alpha value is -2.08. The summed E-state index contributed by atoms with van der Waals surface area (Å²) in [6.45, 7) is 2.61. The Morgan fingerprint density at radius 2 is 2.14 bits per heavy atom. The maximum atomic E-state index is 11.8. The van der Waals surface area contributed by atoms with Crippen molar-refractivity contribution < 1.29 is 19.1 Å². The molecule has 6 nitrogen and oxygen atoms in total. The highest BCUT2D eigenvalue weighted by molar-refractivity contribution is 5.83. The van der Waals surface area contributed by atoms with Crippen molar-refractivity contribution in [1.29, 1.82) is 0 Å². The Bertz CT molecular complexity index is 476. The van der Waals surface area contributed by atoms with E-state index in [0.29, 0.717) is 25.3 Å². The van der Waals surface area contributed by atoms with Gasteiger partial charge in [-0.1, -0.05) is 12.1 Å². The minimum absolute atomic E-state index is 0.0896. The van der Waals surface area contributed by atoms with Crippen LogP contribution in [0.3, 0.4) is 0 Å². The van der Waals surface area contributed by atoms with E-state index in [1.54, 1.807) is 38.3 Å². The minimum atomic E-state index is -0.818. The average molecular weight is 294 g/mol. The Labute approximate surface area is 124 Å². The molecule has 0 spiro atoms. The number of anilines is 1. The smallest absolute Gasteiger partial charge is 0.311 e. The first-order chi connectivity index (χ1) is 10.0. The quantitative estimate of drug-likeness (QED) is 0.422. The number of hydrogen-bond donors (Lipinski definition) is 2. The van der Waals surface area contributed by atoms with Crippen molar-refractivity contribution in [2.45, 2.75) is 25.9 Å². The topological polar surface area (TPSA) is 90.6 Å². The van der Waals surface area contributed by atoms with E-state index in [9.17, 15) is 9.59 Å². The van der Waals surface area contributed by atoms with E-state index >= 15 is 0 Å². The van der Waals surface area contributed by atoms with E-state index in [4.69, 9.17) is 15.2 Å². The summed E-state index contributed by atoms with van der Waals surface area (Å²) in [7, 11) is 1.60. The SMILES string of the molecule is COCCCNC(=O)C(C)OC(=O)Cc1cccc(N)c1. The Balaban J connectivity index is 2.34. The molecule has 0 radical (unpaired) electrons. The number of nitrogens with two attached hydrogens (primary N) is 1. The first kappa shape index (κ1) is 17.0. The molecule has 0 aliphatic rings. The number of carbonyl (C=O) groups excluding carboxylic acids is 2. The van der Waals surface area contributed by atoms with Crippen LogP contribution in [0.25, 0.3) is 0 Å². The average Bonchev–Trinajstić information content (AvgIpc) is 2.43. The lowest BCUT2D eigenvalue weighted by molar-refractivity contribution is -0.154. The number of esters is 1. The van der Waals surface area contributed by atoms with Crippen molar-refractivity contribution in [3.63, 3.8) is 0 Å². The van der Waals surface area contributed by atoms with Gasteiger partial charge in [0.25, 0.3) is 5.91 Å². The third-order valence-electron chi connectivity index (χ3n) is 2.80. The molecule has 1 aromatic rings. The maximum Gasteiger partial charge on any atom is 0.311 e. The van der Waals surface area contributed by atoms with Crippen molar-refractivity contribution in [3.8, 4) is 0 Å². The molecular formula is C15H22N2O4. The summed E-state index contributed by atoms with van der Waals surface area (Å²) in [6, 6.07) is 7.00. The Kier molecular flexibility index (Phi) is 7.25. The summed E-state index contributed by atoms with van der Waals surface area (Å²) in [4.78, 5) is 23.5. The van der Waals surface area contributed by atoms with E-state index < -0.39 is 12.1 Å². The zero-order valence-corrected chi connectivity index (χ0v) is 12.4. The van der Waals surface area contributed by atoms with Crippen molar-refractivity contribution in [2.75, 3.05) is 26.0 Å². The molecule has 1 amide bonds. The maximum absolute atomic E-state index is 11.8. The number of rotatable bonds is 8. The van der Waals surface area contributed by atoms with Gasteiger partial charge in [0, 0.05) is 25.9 Å². The number of carbonyl (C=O) groups is 2. The molecule has 0 saturated carbocycles. The number of amides is 1. The van der Waals surface area contributed by atoms with Crippen molar-refractivity contribution in [2.24, 2.45) is 0 Å². The largest absolute Gasteiger partial charge is 0.452 e. The van der Waals surface area contributed by atoms with Gasteiger partial charge in [0.2, 0.25) is 0 Å². The molecule has 3 N–H and O–H groups in total. The Morgan fingerprint density at radius 3 is 2.81 bits per heavy atom. The number of nitrogens with one attached hydrogen (secondary N) is 1. The molecule has 1 atom stereocenters. The van der Waals surface area contributed by atoms with Crippen LogP contribution in [0, 0.1) is 0 Å². The first-order valence-electron chi connectivity index (χ1n) is 6.83. The molecule has 0 aromatic heterocycles. The van der Waals surface area contributed by atoms with Crippen LogP contribution in [0.1, 0.15) is 18.9 Å². The van der Waals surface area contributed by atoms with E-state index in [2.05, 4.69) is 5.32 Å². The molecule has 116 valence electrons. The molecular weight excluding hydrogens is 272 g/mol. The lowest BCUT2D eigenvalue weighted by Crippen LogP contribution is -2.36. The van der Waals surface area contributed by atoms with E-state index in [1.807, 2.05) is 0 Å². The summed E-state index contributed by atoms with van der Waals surface area (Å²) in [5.74, 6) is -0.771. The monoisotopic (exact) mass is 294 g/mol. The van der Waals surface area contributed by atoms with Gasteiger partial charge in [-0.2, -0.15) is 0 Å². The molecule has 21 heavy (non-hydrogen) atoms. The highest BCUT2D eigenvalue weighted by Crippen LogP contribution is 2.08. The predicted octanol–water partition coefficient (Wildman–Crippen LogP) is 0.896. The third-order valence-corrected chi connectivity index (χ3v) is 2.80. The number of benzene rings is 1. The third kappa shape index (κ3) is 6.76. The van der Waals surface area contributed by atoms with E-state index in [-0.39, 0.29) is 12.3 Å². The summed E-state index contributed by atoms with van der Waals surface area (Å²) in [5, 5.41) is 2.68. The van der Waals surface area contributed by atoms with Crippen molar-refractivity contribution >= 4 is 17.6 Å². The van der Waals surface area contributed by atoms with Gasteiger partial charge in [0.1, 0.15) is 0 Å². The van der Waals surface area contributed by atoms with Crippen molar-refractivity contribution in [3.05, 3.63) is 29.8 Å². The molecule has 0 bridgehead atoms. The van der Waals surface area contributed by atoms with Gasteiger partial charge >= 0.3 is 5.97 Å². The highest BCUT2D eigenvalue weighted by Gasteiger charge is 2.17. The predicted molar refractivity (Wildman–Crippen MR) is 79.6 cm³/mol. The van der Waals surface area contributed by atoms with Crippen LogP contribution < -0.4 is 11.1 Å². The second-order valence-electron chi connectivity index (χ2n) is 4.69. The summed E-state index contributed by atoms with van der Waals surface area (Å²) >= 11 is 0. The van der Waals surface area contributed by atoms with Crippen LogP contribution in [-0.4, -0.2) is 38.2 Å². The van der Waals surface area contributed by atoms with Crippen LogP contribution in [0.15, 0.2) is 24.3 Å². The number of nitrogen functional groups attached to an aromatic ring is 1. The molecule has 0 fully saturated rings. The minimum Gasteiger partial charge on any atom is -0.452 e. The molecule has 1 rings (SSSR count). The molecule has 0 aliphatic heterocycles. The molecule has 0 aliphatic carbocycles. The van der Waals surface area contributed by atoms with Crippen LogP contribution in [0.5, 0.6) is 0 Å². The van der Waals surface area contributed by atoms with Gasteiger partial charge in [-0.05, 0) is 31.0 Å². The van der Waals surface area contributed by atoms with Gasteiger partial charge in [-0.15, -0.1) is 0 Å². The molecule has 0 saturated heterocycles. The molecule has 1 unspecified atom stereocenters. The van der Waals surface area contributed by atoms with Gasteiger partial charge in [0.05, 0.1) is 6.42 Å². The zero-order chi connectivity index (χ0) is 15.7. The Morgan fingerprint density at radius 1 is 1.38 bits per heavy atom. The lowest BCUT2D eigenvalue weighted by atomic mass is 10.1. The summed E-state index contributed by atoms with van der Waals surface area (Å²) < 4.78 is 9.97. The van der Waals surface area contributed by atoms with E-state index in [1.165, 1.54) is 0 Å². The van der Waals surface area contributed by atoms with Crippen molar-refractivity contribution in [1.82, 2.24) is 5.32 Å². The molecule has 1 aromatic carbocycles. The summed E-state index contributed by atoms with van der Waals surface area (Å²) in [5.41, 5.74) is 6.98. The van der Waals surface area contributed by atoms with Crippen LogP contribution in [-0.2, 0) is 25.5 Å². The van der Waals surface area contributed by atoms with Crippen LogP contribution >= 0.6 is 0 Å². The first-order valence-corrected chi connectivity index (χ1v) is 6.83. The van der Waals surface area contributed by atoms with Crippen LogP contribution in [0.2, 0.25) is 0 Å². The second kappa shape index (κ2) is 8.97. The van der Waals surface area contributed by atoms with Gasteiger partial charge in [-0.3, -0.25) is 9.59 Å². The number of hydrogen-bond acceptors (Lipinski definition) is 5. The fourth-order valence-electron chi connectivity index (χ4n) is 1.73. The zero-order valence-electron chi connectivity index (χ0n) is 12.4. The van der Waals surface area contributed by atoms with Crippen LogP contribution in [0.4, 0.5) is 5.69 Å².